The Hall–Kier alpha value is -1.88. The van der Waals surface area contributed by atoms with Gasteiger partial charge in [-0.05, 0) is 37.8 Å². The van der Waals surface area contributed by atoms with Gasteiger partial charge in [0.2, 0.25) is 5.91 Å². The monoisotopic (exact) mass is 272 g/mol. The molecule has 1 saturated heterocycles. The van der Waals surface area contributed by atoms with Gasteiger partial charge in [0.15, 0.2) is 0 Å². The van der Waals surface area contributed by atoms with E-state index in [9.17, 15) is 4.79 Å². The van der Waals surface area contributed by atoms with Crippen molar-refractivity contribution in [2.45, 2.75) is 25.3 Å². The molecule has 20 heavy (non-hydrogen) atoms. The molecule has 5 heteroatoms. The SMILES string of the molecule is Cn1nc(CC2CCNC(C(N)=O)C2)c2ccccc21. The number of carbonyl (C=O) groups excluding carboxylic acids is 1. The predicted octanol–water partition coefficient (Wildman–Crippen LogP) is 0.969. The van der Waals surface area contributed by atoms with Crippen molar-refractivity contribution in [1.29, 1.82) is 0 Å². The second-order valence-corrected chi connectivity index (χ2v) is 5.59. The van der Waals surface area contributed by atoms with E-state index in [0.717, 1.165) is 37.0 Å². The lowest BCUT2D eigenvalue weighted by Crippen LogP contribution is -2.47. The average molecular weight is 272 g/mol. The summed E-state index contributed by atoms with van der Waals surface area (Å²) in [6, 6.07) is 8.08. The van der Waals surface area contributed by atoms with Gasteiger partial charge >= 0.3 is 0 Å². The third kappa shape index (κ3) is 2.41. The Morgan fingerprint density at radius 2 is 2.30 bits per heavy atom. The summed E-state index contributed by atoms with van der Waals surface area (Å²) < 4.78 is 1.93. The number of amides is 1. The van der Waals surface area contributed by atoms with Crippen LogP contribution < -0.4 is 11.1 Å². The number of aromatic nitrogens is 2. The first-order valence-corrected chi connectivity index (χ1v) is 7.08. The molecule has 2 aromatic rings. The minimum absolute atomic E-state index is 0.191. The number of nitrogens with one attached hydrogen (secondary N) is 1. The van der Waals surface area contributed by atoms with Gasteiger partial charge in [0.1, 0.15) is 0 Å². The number of carbonyl (C=O) groups is 1. The normalized spacial score (nSPS) is 23.1. The van der Waals surface area contributed by atoms with Crippen molar-refractivity contribution in [3.63, 3.8) is 0 Å². The minimum atomic E-state index is -0.249. The fourth-order valence-corrected chi connectivity index (χ4v) is 3.11. The molecular formula is C15H20N4O. The van der Waals surface area contributed by atoms with E-state index in [4.69, 9.17) is 5.73 Å². The molecule has 1 aliphatic rings. The Morgan fingerprint density at radius 3 is 3.10 bits per heavy atom. The maximum absolute atomic E-state index is 11.3. The first kappa shape index (κ1) is 13.1. The number of hydrogen-bond acceptors (Lipinski definition) is 3. The highest BCUT2D eigenvalue weighted by Gasteiger charge is 2.26. The van der Waals surface area contributed by atoms with Crippen molar-refractivity contribution in [3.05, 3.63) is 30.0 Å². The molecule has 2 atom stereocenters. The molecule has 1 amide bonds. The molecule has 1 aromatic carbocycles. The number of para-hydroxylation sites is 1. The van der Waals surface area contributed by atoms with Crippen molar-refractivity contribution in [2.24, 2.45) is 18.7 Å². The Balaban J connectivity index is 1.81. The van der Waals surface area contributed by atoms with E-state index in [0.29, 0.717) is 5.92 Å². The third-order valence-corrected chi connectivity index (χ3v) is 4.17. The van der Waals surface area contributed by atoms with Crippen molar-refractivity contribution >= 4 is 16.8 Å². The number of primary amides is 1. The van der Waals surface area contributed by atoms with E-state index in [1.165, 1.54) is 5.39 Å². The van der Waals surface area contributed by atoms with Gasteiger partial charge in [0.05, 0.1) is 17.3 Å². The van der Waals surface area contributed by atoms with Crippen LogP contribution in [0.2, 0.25) is 0 Å². The predicted molar refractivity (Wildman–Crippen MR) is 78.1 cm³/mol. The average Bonchev–Trinajstić information content (AvgIpc) is 2.76. The molecule has 3 N–H and O–H groups in total. The second kappa shape index (κ2) is 5.25. The third-order valence-electron chi connectivity index (χ3n) is 4.17. The zero-order valence-corrected chi connectivity index (χ0v) is 11.7. The molecule has 2 heterocycles. The van der Waals surface area contributed by atoms with Gasteiger partial charge in [-0.25, -0.2) is 0 Å². The van der Waals surface area contributed by atoms with E-state index in [1.807, 2.05) is 23.9 Å². The van der Waals surface area contributed by atoms with E-state index in [-0.39, 0.29) is 11.9 Å². The summed E-state index contributed by atoms with van der Waals surface area (Å²) >= 11 is 0. The van der Waals surface area contributed by atoms with Crippen LogP contribution >= 0.6 is 0 Å². The van der Waals surface area contributed by atoms with Crippen LogP contribution in [-0.4, -0.2) is 28.3 Å². The summed E-state index contributed by atoms with van der Waals surface area (Å²) in [4.78, 5) is 11.3. The Labute approximate surface area is 118 Å². The molecule has 0 aliphatic carbocycles. The van der Waals surface area contributed by atoms with Crippen LogP contribution in [0.4, 0.5) is 0 Å². The van der Waals surface area contributed by atoms with E-state index in [2.05, 4.69) is 22.5 Å². The highest BCUT2D eigenvalue weighted by molar-refractivity contribution is 5.82. The van der Waals surface area contributed by atoms with Crippen LogP contribution in [-0.2, 0) is 18.3 Å². The largest absolute Gasteiger partial charge is 0.368 e. The van der Waals surface area contributed by atoms with Crippen LogP contribution in [0.15, 0.2) is 24.3 Å². The Kier molecular flexibility index (Phi) is 3.44. The molecule has 0 saturated carbocycles. The summed E-state index contributed by atoms with van der Waals surface area (Å²) in [5, 5.41) is 9.02. The number of fused-ring (bicyclic) bond motifs is 1. The first-order valence-electron chi connectivity index (χ1n) is 7.08. The Bertz CT molecular complexity index is 634. The van der Waals surface area contributed by atoms with Gasteiger partial charge in [-0.1, -0.05) is 18.2 Å². The topological polar surface area (TPSA) is 72.9 Å². The molecule has 1 fully saturated rings. The van der Waals surface area contributed by atoms with Gasteiger partial charge in [0.25, 0.3) is 0 Å². The highest BCUT2D eigenvalue weighted by atomic mass is 16.1. The zero-order valence-electron chi connectivity index (χ0n) is 11.7. The number of aryl methyl sites for hydroxylation is 1. The van der Waals surface area contributed by atoms with Crippen molar-refractivity contribution < 1.29 is 4.79 Å². The second-order valence-electron chi connectivity index (χ2n) is 5.59. The quantitative estimate of drug-likeness (QED) is 0.874. The van der Waals surface area contributed by atoms with Crippen LogP contribution in [0.25, 0.3) is 10.9 Å². The maximum atomic E-state index is 11.3. The van der Waals surface area contributed by atoms with Gasteiger partial charge in [-0.15, -0.1) is 0 Å². The fourth-order valence-electron chi connectivity index (χ4n) is 3.11. The van der Waals surface area contributed by atoms with Gasteiger partial charge < -0.3 is 11.1 Å². The molecule has 106 valence electrons. The van der Waals surface area contributed by atoms with Crippen molar-refractivity contribution in [3.8, 4) is 0 Å². The summed E-state index contributed by atoms with van der Waals surface area (Å²) in [6.45, 7) is 0.850. The van der Waals surface area contributed by atoms with E-state index < -0.39 is 0 Å². The van der Waals surface area contributed by atoms with Crippen LogP contribution in [0, 0.1) is 5.92 Å². The number of nitrogens with zero attached hydrogens (tertiary/aromatic N) is 2. The summed E-state index contributed by atoms with van der Waals surface area (Å²) in [5.41, 5.74) is 7.68. The van der Waals surface area contributed by atoms with Crippen molar-refractivity contribution in [1.82, 2.24) is 15.1 Å². The van der Waals surface area contributed by atoms with Gasteiger partial charge in [-0.2, -0.15) is 5.10 Å². The minimum Gasteiger partial charge on any atom is -0.368 e. The fraction of sp³-hybridized carbons (Fsp3) is 0.467. The number of benzene rings is 1. The maximum Gasteiger partial charge on any atom is 0.234 e. The van der Waals surface area contributed by atoms with Crippen LogP contribution in [0.1, 0.15) is 18.5 Å². The molecule has 0 radical (unpaired) electrons. The van der Waals surface area contributed by atoms with Gasteiger partial charge in [0, 0.05) is 12.4 Å². The lowest BCUT2D eigenvalue weighted by molar-refractivity contribution is -0.120. The van der Waals surface area contributed by atoms with Crippen LogP contribution in [0.3, 0.4) is 0 Å². The van der Waals surface area contributed by atoms with Crippen molar-refractivity contribution in [2.75, 3.05) is 6.54 Å². The first-order chi connectivity index (χ1) is 9.65. The Morgan fingerprint density at radius 1 is 1.50 bits per heavy atom. The highest BCUT2D eigenvalue weighted by Crippen LogP contribution is 2.25. The number of nitrogens with two attached hydrogens (primary N) is 1. The standard InChI is InChI=1S/C15H20N4O/c1-19-14-5-3-2-4-11(14)12(18-19)8-10-6-7-17-13(9-10)15(16)20/h2-5,10,13,17H,6-9H2,1H3,(H2,16,20). The summed E-state index contributed by atoms with van der Waals surface area (Å²) in [7, 11) is 1.97. The molecular weight excluding hydrogens is 252 g/mol. The molecule has 3 rings (SSSR count). The van der Waals surface area contributed by atoms with E-state index >= 15 is 0 Å². The number of piperidine rings is 1. The molecule has 0 bridgehead atoms. The van der Waals surface area contributed by atoms with Gasteiger partial charge in [-0.3, -0.25) is 9.48 Å². The number of hydrogen-bond donors (Lipinski definition) is 2. The number of rotatable bonds is 3. The molecule has 0 spiro atoms. The van der Waals surface area contributed by atoms with E-state index in [1.54, 1.807) is 0 Å². The lowest BCUT2D eigenvalue weighted by Gasteiger charge is -2.28. The molecule has 1 aliphatic heterocycles. The van der Waals surface area contributed by atoms with Crippen LogP contribution in [0.5, 0.6) is 0 Å². The smallest absolute Gasteiger partial charge is 0.234 e. The lowest BCUT2D eigenvalue weighted by atomic mass is 9.88. The zero-order chi connectivity index (χ0) is 14.1. The summed E-state index contributed by atoms with van der Waals surface area (Å²) in [6.07, 6.45) is 2.78. The molecule has 5 nitrogen and oxygen atoms in total. The molecule has 1 aromatic heterocycles. The summed E-state index contributed by atoms with van der Waals surface area (Å²) in [5.74, 6) is 0.215. The molecule has 2 unspecified atom stereocenters.